The van der Waals surface area contributed by atoms with Gasteiger partial charge in [-0.15, -0.1) is 0 Å². The largest absolute Gasteiger partial charge is 0.356 e. The van der Waals surface area contributed by atoms with E-state index in [9.17, 15) is 9.59 Å². The van der Waals surface area contributed by atoms with Crippen LogP contribution in [0.5, 0.6) is 0 Å². The molecule has 0 bridgehead atoms. The van der Waals surface area contributed by atoms with E-state index < -0.39 is 0 Å². The Morgan fingerprint density at radius 3 is 2.61 bits per heavy atom. The third kappa shape index (κ3) is 4.93. The van der Waals surface area contributed by atoms with Crippen molar-refractivity contribution in [1.29, 1.82) is 0 Å². The molecule has 0 radical (unpaired) electrons. The fourth-order valence-corrected chi connectivity index (χ4v) is 4.00. The highest BCUT2D eigenvalue weighted by Gasteiger charge is 2.36. The lowest BCUT2D eigenvalue weighted by Gasteiger charge is -2.39. The number of carbonyl (C=O) groups is 2. The monoisotopic (exact) mass is 323 g/mol. The van der Waals surface area contributed by atoms with E-state index >= 15 is 0 Å². The van der Waals surface area contributed by atoms with Crippen LogP contribution in [-0.4, -0.2) is 42.9 Å². The number of amides is 2. The van der Waals surface area contributed by atoms with Crippen molar-refractivity contribution in [3.8, 4) is 0 Å². The molecular formula is C18H33N3O2. The normalized spacial score (nSPS) is 24.3. The molecule has 2 rings (SSSR count). The Morgan fingerprint density at radius 2 is 1.96 bits per heavy atom. The Morgan fingerprint density at radius 1 is 1.22 bits per heavy atom. The topological polar surface area (TPSA) is 75.4 Å². The highest BCUT2D eigenvalue weighted by atomic mass is 16.2. The molecule has 2 aliphatic rings. The van der Waals surface area contributed by atoms with Gasteiger partial charge in [0.1, 0.15) is 0 Å². The van der Waals surface area contributed by atoms with E-state index in [2.05, 4.69) is 5.32 Å². The molecule has 5 heteroatoms. The second-order valence-corrected chi connectivity index (χ2v) is 7.41. The fraction of sp³-hybridized carbons (Fsp3) is 0.889. The van der Waals surface area contributed by atoms with Gasteiger partial charge >= 0.3 is 0 Å². The molecule has 3 N–H and O–H groups in total. The van der Waals surface area contributed by atoms with Crippen molar-refractivity contribution in [2.45, 2.75) is 64.7 Å². The average Bonchev–Trinajstić information content (AvgIpc) is 2.60. The van der Waals surface area contributed by atoms with Crippen LogP contribution in [-0.2, 0) is 9.59 Å². The summed E-state index contributed by atoms with van der Waals surface area (Å²) in [7, 11) is 0. The van der Waals surface area contributed by atoms with Crippen molar-refractivity contribution in [3.05, 3.63) is 0 Å². The van der Waals surface area contributed by atoms with Crippen molar-refractivity contribution in [3.63, 3.8) is 0 Å². The Hall–Kier alpha value is -1.10. The fourth-order valence-electron chi connectivity index (χ4n) is 4.00. The van der Waals surface area contributed by atoms with E-state index in [0.29, 0.717) is 19.5 Å². The maximum atomic E-state index is 12.8. The summed E-state index contributed by atoms with van der Waals surface area (Å²) >= 11 is 0. The summed E-state index contributed by atoms with van der Waals surface area (Å²) in [5, 5.41) is 2.96. The summed E-state index contributed by atoms with van der Waals surface area (Å²) in [5.74, 6) is 0.264. The number of nitrogens with zero attached hydrogens (tertiary/aromatic N) is 1. The molecule has 0 aromatic carbocycles. The van der Waals surface area contributed by atoms with Crippen LogP contribution in [0.2, 0.25) is 0 Å². The molecule has 1 heterocycles. The van der Waals surface area contributed by atoms with E-state index in [1.165, 1.54) is 19.3 Å². The smallest absolute Gasteiger partial charge is 0.224 e. The predicted molar refractivity (Wildman–Crippen MR) is 91.8 cm³/mol. The van der Waals surface area contributed by atoms with Crippen LogP contribution in [0.25, 0.3) is 0 Å². The van der Waals surface area contributed by atoms with Gasteiger partial charge in [-0.2, -0.15) is 0 Å². The zero-order valence-corrected chi connectivity index (χ0v) is 14.6. The van der Waals surface area contributed by atoms with Gasteiger partial charge in [-0.3, -0.25) is 9.59 Å². The molecule has 0 aromatic rings. The lowest BCUT2D eigenvalue weighted by atomic mass is 9.71. The molecule has 1 saturated heterocycles. The number of likely N-dealkylation sites (tertiary alicyclic amines) is 1. The number of carbonyl (C=O) groups excluding carboxylic acids is 2. The second kappa shape index (κ2) is 8.67. The van der Waals surface area contributed by atoms with Gasteiger partial charge in [0.25, 0.3) is 0 Å². The number of nitrogens with one attached hydrogen (secondary N) is 1. The summed E-state index contributed by atoms with van der Waals surface area (Å²) in [4.78, 5) is 26.8. The summed E-state index contributed by atoms with van der Waals surface area (Å²) in [5.41, 5.74) is 6.02. The average molecular weight is 323 g/mol. The quantitative estimate of drug-likeness (QED) is 0.785. The first kappa shape index (κ1) is 18.2. The lowest BCUT2D eigenvalue weighted by molar-refractivity contribution is -0.138. The Bertz CT molecular complexity index is 405. The van der Waals surface area contributed by atoms with Gasteiger partial charge in [0.15, 0.2) is 0 Å². The van der Waals surface area contributed by atoms with Crippen molar-refractivity contribution < 1.29 is 9.59 Å². The van der Waals surface area contributed by atoms with Crippen LogP contribution in [0.1, 0.15) is 64.7 Å². The van der Waals surface area contributed by atoms with Gasteiger partial charge < -0.3 is 16.0 Å². The molecule has 2 amide bonds. The zero-order valence-electron chi connectivity index (χ0n) is 14.6. The molecule has 0 spiro atoms. The predicted octanol–water partition coefficient (Wildman–Crippen LogP) is 2.05. The van der Waals surface area contributed by atoms with Gasteiger partial charge in [-0.05, 0) is 44.1 Å². The SMILES string of the molecule is CCCNC(=O)C1CCCN(C(=O)CC2(CN)CCCCC2)C1. The maximum Gasteiger partial charge on any atom is 0.224 e. The van der Waals surface area contributed by atoms with Crippen LogP contribution >= 0.6 is 0 Å². The van der Waals surface area contributed by atoms with Crippen molar-refractivity contribution in [2.75, 3.05) is 26.2 Å². The molecule has 1 atom stereocenters. The number of hydrogen-bond acceptors (Lipinski definition) is 3. The minimum Gasteiger partial charge on any atom is -0.356 e. The van der Waals surface area contributed by atoms with E-state index in [1.54, 1.807) is 0 Å². The number of hydrogen-bond donors (Lipinski definition) is 2. The zero-order chi connectivity index (χ0) is 16.7. The first-order valence-corrected chi connectivity index (χ1v) is 9.36. The molecule has 2 fully saturated rings. The summed E-state index contributed by atoms with van der Waals surface area (Å²) in [6.07, 6.45) is 9.10. The van der Waals surface area contributed by atoms with Gasteiger partial charge in [0, 0.05) is 26.1 Å². The minimum absolute atomic E-state index is 0.00669. The molecular weight excluding hydrogens is 290 g/mol. The lowest BCUT2D eigenvalue weighted by Crippen LogP contribution is -2.47. The van der Waals surface area contributed by atoms with Crippen molar-refractivity contribution in [2.24, 2.45) is 17.1 Å². The third-order valence-corrected chi connectivity index (χ3v) is 5.57. The summed E-state index contributed by atoms with van der Waals surface area (Å²) in [6.45, 7) is 4.74. The number of rotatable bonds is 6. The molecule has 23 heavy (non-hydrogen) atoms. The maximum absolute atomic E-state index is 12.8. The Balaban J connectivity index is 1.89. The first-order valence-electron chi connectivity index (χ1n) is 9.36. The third-order valence-electron chi connectivity index (χ3n) is 5.57. The first-order chi connectivity index (χ1) is 11.1. The molecule has 1 saturated carbocycles. The van der Waals surface area contributed by atoms with E-state index in [1.807, 2.05) is 11.8 Å². The van der Waals surface area contributed by atoms with Gasteiger partial charge in [-0.25, -0.2) is 0 Å². The van der Waals surface area contributed by atoms with Crippen LogP contribution in [0.15, 0.2) is 0 Å². The number of piperidine rings is 1. The second-order valence-electron chi connectivity index (χ2n) is 7.41. The summed E-state index contributed by atoms with van der Waals surface area (Å²) < 4.78 is 0. The molecule has 5 nitrogen and oxygen atoms in total. The molecule has 1 aliphatic heterocycles. The molecule has 1 unspecified atom stereocenters. The van der Waals surface area contributed by atoms with Gasteiger partial charge in [-0.1, -0.05) is 26.2 Å². The van der Waals surface area contributed by atoms with Crippen molar-refractivity contribution >= 4 is 11.8 Å². The standard InChI is InChI=1S/C18H33N3O2/c1-2-10-20-17(23)15-7-6-11-21(13-15)16(22)12-18(14-19)8-4-3-5-9-18/h15H,2-14,19H2,1H3,(H,20,23). The van der Waals surface area contributed by atoms with E-state index in [0.717, 1.165) is 45.2 Å². The highest BCUT2D eigenvalue weighted by molar-refractivity contribution is 5.81. The van der Waals surface area contributed by atoms with Crippen LogP contribution in [0.3, 0.4) is 0 Å². The Kier molecular flexibility index (Phi) is 6.88. The van der Waals surface area contributed by atoms with Gasteiger partial charge in [0.2, 0.25) is 11.8 Å². The number of nitrogens with two attached hydrogens (primary N) is 1. The summed E-state index contributed by atoms with van der Waals surface area (Å²) in [6, 6.07) is 0. The Labute approximate surface area is 140 Å². The minimum atomic E-state index is -0.0422. The van der Waals surface area contributed by atoms with Crippen molar-refractivity contribution in [1.82, 2.24) is 10.2 Å². The molecule has 0 aromatic heterocycles. The van der Waals surface area contributed by atoms with Crippen LogP contribution in [0, 0.1) is 11.3 Å². The molecule has 132 valence electrons. The van der Waals surface area contributed by atoms with Crippen LogP contribution < -0.4 is 11.1 Å². The van der Waals surface area contributed by atoms with E-state index in [-0.39, 0.29) is 23.1 Å². The van der Waals surface area contributed by atoms with Crippen LogP contribution in [0.4, 0.5) is 0 Å². The molecule has 1 aliphatic carbocycles. The van der Waals surface area contributed by atoms with E-state index in [4.69, 9.17) is 5.73 Å². The van der Waals surface area contributed by atoms with Gasteiger partial charge in [0.05, 0.1) is 5.92 Å². The highest BCUT2D eigenvalue weighted by Crippen LogP contribution is 2.39.